The summed E-state index contributed by atoms with van der Waals surface area (Å²) in [5.41, 5.74) is -3.52. The SMILES string of the molecule is CC(C)(C)[C@H]1OC(=O)C[C@@](c2ccccc2)(C(F)(F)F)O1. The van der Waals surface area contributed by atoms with Crippen molar-refractivity contribution in [3.63, 3.8) is 0 Å². The molecule has 6 heteroatoms. The molecule has 3 nitrogen and oxygen atoms in total. The van der Waals surface area contributed by atoms with E-state index in [9.17, 15) is 18.0 Å². The van der Waals surface area contributed by atoms with E-state index in [1.54, 1.807) is 26.8 Å². The molecule has 0 saturated carbocycles. The second-order valence-corrected chi connectivity index (χ2v) is 6.17. The lowest BCUT2D eigenvalue weighted by Gasteiger charge is -2.45. The Balaban J connectivity index is 2.53. The van der Waals surface area contributed by atoms with Crippen LogP contribution in [0, 0.1) is 5.41 Å². The molecule has 0 amide bonds. The van der Waals surface area contributed by atoms with Crippen molar-refractivity contribution in [2.45, 2.75) is 45.3 Å². The van der Waals surface area contributed by atoms with Gasteiger partial charge in [-0.15, -0.1) is 0 Å². The van der Waals surface area contributed by atoms with Gasteiger partial charge >= 0.3 is 12.1 Å². The molecule has 1 aromatic rings. The Morgan fingerprint density at radius 2 is 1.71 bits per heavy atom. The average molecular weight is 302 g/mol. The largest absolute Gasteiger partial charge is 0.435 e. The topological polar surface area (TPSA) is 35.5 Å². The van der Waals surface area contributed by atoms with E-state index in [0.29, 0.717) is 0 Å². The molecule has 0 aliphatic carbocycles. The van der Waals surface area contributed by atoms with Crippen molar-refractivity contribution in [1.82, 2.24) is 0 Å². The van der Waals surface area contributed by atoms with Gasteiger partial charge < -0.3 is 9.47 Å². The summed E-state index contributed by atoms with van der Waals surface area (Å²) in [5.74, 6) is -0.914. The maximum atomic E-state index is 13.7. The molecule has 2 rings (SSSR count). The van der Waals surface area contributed by atoms with Crippen LogP contribution in [-0.2, 0) is 19.9 Å². The fourth-order valence-electron chi connectivity index (χ4n) is 2.17. The first-order valence-electron chi connectivity index (χ1n) is 6.56. The molecule has 0 unspecified atom stereocenters. The summed E-state index contributed by atoms with van der Waals surface area (Å²) in [4.78, 5) is 11.8. The Labute approximate surface area is 121 Å². The van der Waals surface area contributed by atoms with Crippen molar-refractivity contribution in [3.8, 4) is 0 Å². The summed E-state index contributed by atoms with van der Waals surface area (Å²) in [6.07, 6.45) is -6.87. The second kappa shape index (κ2) is 5.02. The fourth-order valence-corrected chi connectivity index (χ4v) is 2.17. The summed E-state index contributed by atoms with van der Waals surface area (Å²) in [7, 11) is 0. The molecule has 1 aromatic carbocycles. The zero-order valence-electron chi connectivity index (χ0n) is 12.0. The number of cyclic esters (lactones) is 1. The van der Waals surface area contributed by atoms with Gasteiger partial charge in [-0.1, -0.05) is 51.1 Å². The predicted molar refractivity (Wildman–Crippen MR) is 69.2 cm³/mol. The summed E-state index contributed by atoms with van der Waals surface area (Å²) in [6, 6.07) is 7.20. The summed E-state index contributed by atoms with van der Waals surface area (Å²) >= 11 is 0. The van der Waals surface area contributed by atoms with Crippen molar-refractivity contribution in [1.29, 1.82) is 0 Å². The molecule has 0 spiro atoms. The number of benzene rings is 1. The third-order valence-corrected chi connectivity index (χ3v) is 3.35. The lowest BCUT2D eigenvalue weighted by molar-refractivity contribution is -0.360. The van der Waals surface area contributed by atoms with Crippen LogP contribution in [0.4, 0.5) is 13.2 Å². The van der Waals surface area contributed by atoms with Gasteiger partial charge in [0.2, 0.25) is 11.9 Å². The first kappa shape index (κ1) is 15.8. The highest BCUT2D eigenvalue weighted by atomic mass is 19.4. The van der Waals surface area contributed by atoms with Gasteiger partial charge in [0.15, 0.2) is 0 Å². The van der Waals surface area contributed by atoms with Crippen molar-refractivity contribution in [3.05, 3.63) is 35.9 Å². The Morgan fingerprint density at radius 3 is 2.19 bits per heavy atom. The first-order chi connectivity index (χ1) is 9.56. The molecular weight excluding hydrogens is 285 g/mol. The predicted octanol–water partition coefficient (Wildman–Crippen LogP) is 3.78. The van der Waals surface area contributed by atoms with E-state index in [1.165, 1.54) is 24.3 Å². The van der Waals surface area contributed by atoms with Crippen molar-refractivity contribution in [2.75, 3.05) is 0 Å². The van der Waals surface area contributed by atoms with Gasteiger partial charge in [0.25, 0.3) is 0 Å². The molecule has 21 heavy (non-hydrogen) atoms. The van der Waals surface area contributed by atoms with E-state index in [2.05, 4.69) is 0 Å². The molecular formula is C15H17F3O3. The standard InChI is InChI=1S/C15H17F3O3/c1-13(2,3)12-20-11(19)9-14(21-12,15(16,17)18)10-7-5-4-6-8-10/h4-8,12H,9H2,1-3H3/t12-,14+/m0/s1. The van der Waals surface area contributed by atoms with Gasteiger partial charge in [-0.2, -0.15) is 13.2 Å². The molecule has 1 fully saturated rings. The molecule has 116 valence electrons. The van der Waals surface area contributed by atoms with E-state index in [4.69, 9.17) is 9.47 Å². The lowest BCUT2D eigenvalue weighted by atomic mass is 9.86. The highest BCUT2D eigenvalue weighted by molar-refractivity contribution is 5.72. The quantitative estimate of drug-likeness (QED) is 0.741. The first-order valence-corrected chi connectivity index (χ1v) is 6.56. The molecule has 0 radical (unpaired) electrons. The van der Waals surface area contributed by atoms with Crippen LogP contribution in [-0.4, -0.2) is 18.4 Å². The minimum Gasteiger partial charge on any atom is -0.435 e. The van der Waals surface area contributed by atoms with Crippen LogP contribution in [0.25, 0.3) is 0 Å². The van der Waals surface area contributed by atoms with E-state index in [1.807, 2.05) is 0 Å². The fraction of sp³-hybridized carbons (Fsp3) is 0.533. The van der Waals surface area contributed by atoms with Crippen molar-refractivity contribution >= 4 is 5.97 Å². The third kappa shape index (κ3) is 2.90. The van der Waals surface area contributed by atoms with Crippen LogP contribution < -0.4 is 0 Å². The molecule has 1 aliphatic rings. The highest BCUT2D eigenvalue weighted by Crippen LogP contribution is 2.49. The second-order valence-electron chi connectivity index (χ2n) is 6.17. The van der Waals surface area contributed by atoms with Gasteiger partial charge in [0.1, 0.15) is 0 Å². The van der Waals surface area contributed by atoms with Gasteiger partial charge in [-0.05, 0) is 5.56 Å². The number of rotatable bonds is 1. The summed E-state index contributed by atoms with van der Waals surface area (Å²) < 4.78 is 51.3. The maximum absolute atomic E-state index is 13.7. The van der Waals surface area contributed by atoms with Gasteiger partial charge in [-0.25, -0.2) is 0 Å². The smallest absolute Gasteiger partial charge is 0.422 e. The number of carbonyl (C=O) groups is 1. The molecule has 0 aromatic heterocycles. The average Bonchev–Trinajstić information content (AvgIpc) is 2.36. The number of hydrogen-bond acceptors (Lipinski definition) is 3. The highest BCUT2D eigenvalue weighted by Gasteiger charge is 2.63. The Kier molecular flexibility index (Phi) is 3.78. The Hall–Kier alpha value is -1.56. The van der Waals surface area contributed by atoms with Gasteiger partial charge in [0, 0.05) is 5.41 Å². The molecule has 0 N–H and O–H groups in total. The number of esters is 1. The van der Waals surface area contributed by atoms with Crippen molar-refractivity contribution in [2.24, 2.45) is 5.41 Å². The minimum atomic E-state index is -4.72. The maximum Gasteiger partial charge on any atom is 0.422 e. The van der Waals surface area contributed by atoms with Crippen LogP contribution in [0.1, 0.15) is 32.8 Å². The number of ether oxygens (including phenoxy) is 2. The summed E-state index contributed by atoms with van der Waals surface area (Å²) in [5, 5.41) is 0. The van der Waals surface area contributed by atoms with Crippen LogP contribution in [0.2, 0.25) is 0 Å². The molecule has 0 bridgehead atoms. The zero-order valence-corrected chi connectivity index (χ0v) is 12.0. The van der Waals surface area contributed by atoms with E-state index in [-0.39, 0.29) is 5.56 Å². The molecule has 1 heterocycles. The number of hydrogen-bond donors (Lipinski definition) is 0. The van der Waals surface area contributed by atoms with Crippen molar-refractivity contribution < 1.29 is 27.4 Å². The molecule has 2 atom stereocenters. The third-order valence-electron chi connectivity index (χ3n) is 3.35. The molecule has 1 saturated heterocycles. The Bertz CT molecular complexity index is 519. The minimum absolute atomic E-state index is 0.0941. The number of halogens is 3. The van der Waals surface area contributed by atoms with Crippen LogP contribution >= 0.6 is 0 Å². The van der Waals surface area contributed by atoms with Crippen LogP contribution in [0.15, 0.2) is 30.3 Å². The number of alkyl halides is 3. The molecule has 1 aliphatic heterocycles. The van der Waals surface area contributed by atoms with E-state index in [0.717, 1.165) is 0 Å². The van der Waals surface area contributed by atoms with Gasteiger partial charge in [0.05, 0.1) is 6.42 Å². The van der Waals surface area contributed by atoms with Gasteiger partial charge in [-0.3, -0.25) is 4.79 Å². The lowest BCUT2D eigenvalue weighted by Crippen LogP contribution is -2.55. The number of carbonyl (C=O) groups excluding carboxylic acids is 1. The monoisotopic (exact) mass is 302 g/mol. The van der Waals surface area contributed by atoms with Crippen LogP contribution in [0.3, 0.4) is 0 Å². The van der Waals surface area contributed by atoms with E-state index >= 15 is 0 Å². The van der Waals surface area contributed by atoms with Crippen LogP contribution in [0.5, 0.6) is 0 Å². The zero-order chi connectivity index (χ0) is 15.9. The Morgan fingerprint density at radius 1 is 1.14 bits per heavy atom. The normalized spacial score (nSPS) is 27.3. The van der Waals surface area contributed by atoms with E-state index < -0.39 is 35.9 Å². The summed E-state index contributed by atoms with van der Waals surface area (Å²) in [6.45, 7) is 4.97.